The number of hydrazine groups is 1. The number of benzene rings is 1. The third-order valence-electron chi connectivity index (χ3n) is 1.80. The summed E-state index contributed by atoms with van der Waals surface area (Å²) in [5.41, 5.74) is 1.97. The molecule has 0 bridgehead atoms. The van der Waals surface area contributed by atoms with Crippen LogP contribution in [0.2, 0.25) is 0 Å². The number of hydrogen-bond donors (Lipinski definition) is 3. The second kappa shape index (κ2) is 5.14. The Morgan fingerprint density at radius 2 is 2.06 bits per heavy atom. The Hall–Kier alpha value is -1.32. The van der Waals surface area contributed by atoms with Gasteiger partial charge < -0.3 is 5.43 Å². The van der Waals surface area contributed by atoms with Gasteiger partial charge in [0.1, 0.15) is 0 Å². The minimum absolute atomic E-state index is 0.143. The summed E-state index contributed by atoms with van der Waals surface area (Å²) in [6.45, 7) is 0. The summed E-state index contributed by atoms with van der Waals surface area (Å²) in [6, 6.07) is 3.15. The van der Waals surface area contributed by atoms with Crippen LogP contribution < -0.4 is 11.3 Å². The lowest BCUT2D eigenvalue weighted by Gasteiger charge is -2.10. The van der Waals surface area contributed by atoms with E-state index in [0.717, 1.165) is 12.1 Å². The highest BCUT2D eigenvalue weighted by Gasteiger charge is 2.30. The van der Waals surface area contributed by atoms with Crippen molar-refractivity contribution in [2.45, 2.75) is 6.18 Å². The largest absolute Gasteiger partial charge is 0.416 e. The fourth-order valence-electron chi connectivity index (χ4n) is 1.08. The lowest BCUT2D eigenvalue weighted by molar-refractivity contribution is -0.137. The lowest BCUT2D eigenvalue weighted by Crippen LogP contribution is -2.11. The number of thiol groups is 1. The van der Waals surface area contributed by atoms with Gasteiger partial charge in [-0.2, -0.15) is 25.8 Å². The average Bonchev–Trinajstić information content (AvgIpc) is 2.24. The average molecular weight is 246 g/mol. The Morgan fingerprint density at radius 3 is 2.56 bits per heavy atom. The van der Waals surface area contributed by atoms with E-state index in [4.69, 9.17) is 5.84 Å². The molecule has 0 heterocycles. The summed E-state index contributed by atoms with van der Waals surface area (Å²) >= 11 is 3.88. The van der Waals surface area contributed by atoms with E-state index < -0.39 is 11.7 Å². The number of halogens is 3. The van der Waals surface area contributed by atoms with Crippen LogP contribution in [0.5, 0.6) is 0 Å². The maximum Gasteiger partial charge on any atom is 0.416 e. The Bertz CT molecular complexity index is 432. The van der Waals surface area contributed by atoms with Crippen LogP contribution in [0.4, 0.5) is 18.9 Å². The van der Waals surface area contributed by atoms with Crippen LogP contribution in [0.15, 0.2) is 18.2 Å². The number of anilines is 1. The fraction of sp³-hybridized carbons (Fsp3) is 0.200. The number of nitrogen functional groups attached to an aromatic ring is 1. The van der Waals surface area contributed by atoms with Crippen LogP contribution in [-0.4, -0.2) is 5.75 Å². The van der Waals surface area contributed by atoms with Crippen LogP contribution in [0.3, 0.4) is 0 Å². The van der Waals surface area contributed by atoms with E-state index in [1.807, 2.05) is 0 Å². The molecule has 16 heavy (non-hydrogen) atoms. The van der Waals surface area contributed by atoms with Gasteiger partial charge in [0.15, 0.2) is 0 Å². The van der Waals surface area contributed by atoms with Crippen molar-refractivity contribution in [1.29, 1.82) is 0 Å². The van der Waals surface area contributed by atoms with E-state index in [-0.39, 0.29) is 5.69 Å². The number of rotatable bonds is 1. The van der Waals surface area contributed by atoms with Gasteiger partial charge in [-0.1, -0.05) is 11.8 Å². The fourth-order valence-corrected chi connectivity index (χ4v) is 1.16. The van der Waals surface area contributed by atoms with Crippen molar-refractivity contribution in [2.24, 2.45) is 5.84 Å². The molecule has 0 spiro atoms. The maximum atomic E-state index is 12.4. The zero-order valence-corrected chi connectivity index (χ0v) is 8.99. The molecule has 6 heteroatoms. The van der Waals surface area contributed by atoms with Crippen LogP contribution in [0, 0.1) is 11.8 Å². The first-order valence-corrected chi connectivity index (χ1v) is 4.90. The molecule has 3 N–H and O–H groups in total. The summed E-state index contributed by atoms with van der Waals surface area (Å²) in [7, 11) is 0. The molecular weight excluding hydrogens is 237 g/mol. The van der Waals surface area contributed by atoms with E-state index in [2.05, 4.69) is 29.9 Å². The molecule has 1 aromatic carbocycles. The van der Waals surface area contributed by atoms with Crippen LogP contribution in [0.1, 0.15) is 11.1 Å². The highest BCUT2D eigenvalue weighted by atomic mass is 32.1. The molecule has 0 aliphatic rings. The quantitative estimate of drug-likeness (QED) is 0.308. The summed E-state index contributed by atoms with van der Waals surface area (Å²) in [5, 5.41) is 0. The van der Waals surface area contributed by atoms with Gasteiger partial charge >= 0.3 is 6.18 Å². The van der Waals surface area contributed by atoms with Gasteiger partial charge in [-0.05, 0) is 18.2 Å². The molecule has 1 aromatic rings. The van der Waals surface area contributed by atoms with Crippen molar-refractivity contribution >= 4 is 18.3 Å². The number of nitrogens with two attached hydrogens (primary N) is 1. The SMILES string of the molecule is NNc1cc(C(F)(F)F)ccc1C#CCS. The first-order valence-electron chi connectivity index (χ1n) is 4.26. The number of hydrogen-bond acceptors (Lipinski definition) is 3. The Kier molecular flexibility index (Phi) is 4.10. The molecule has 0 saturated carbocycles. The van der Waals surface area contributed by atoms with Crippen molar-refractivity contribution in [2.75, 3.05) is 11.2 Å². The molecule has 0 aromatic heterocycles. The second-order valence-corrected chi connectivity index (χ2v) is 3.18. The molecule has 0 aliphatic heterocycles. The van der Waals surface area contributed by atoms with Crippen LogP contribution in [0.25, 0.3) is 0 Å². The zero-order valence-electron chi connectivity index (χ0n) is 8.10. The third-order valence-corrected chi connectivity index (χ3v) is 1.96. The molecule has 0 unspecified atom stereocenters. The first kappa shape index (κ1) is 12.7. The topological polar surface area (TPSA) is 38.0 Å². The van der Waals surface area contributed by atoms with Gasteiger partial charge in [-0.3, -0.25) is 5.84 Å². The molecule has 86 valence electrons. The number of nitrogens with one attached hydrogen (secondary N) is 1. The van der Waals surface area contributed by atoms with Crippen LogP contribution in [-0.2, 0) is 6.18 Å². The third kappa shape index (κ3) is 3.08. The van der Waals surface area contributed by atoms with E-state index in [1.54, 1.807) is 0 Å². The summed E-state index contributed by atoms with van der Waals surface area (Å²) in [5.74, 6) is 10.7. The normalized spacial score (nSPS) is 10.6. The second-order valence-electron chi connectivity index (χ2n) is 2.86. The summed E-state index contributed by atoms with van der Waals surface area (Å²) in [4.78, 5) is 0. The number of alkyl halides is 3. The van der Waals surface area contributed by atoms with Gasteiger partial charge in [0.05, 0.1) is 17.0 Å². The van der Waals surface area contributed by atoms with E-state index in [1.165, 1.54) is 6.07 Å². The summed E-state index contributed by atoms with van der Waals surface area (Å²) < 4.78 is 37.1. The van der Waals surface area contributed by atoms with Gasteiger partial charge in [0, 0.05) is 5.56 Å². The van der Waals surface area contributed by atoms with Crippen LogP contribution >= 0.6 is 12.6 Å². The van der Waals surface area contributed by atoms with Gasteiger partial charge in [0.2, 0.25) is 0 Å². The van der Waals surface area contributed by atoms with E-state index in [9.17, 15) is 13.2 Å². The monoisotopic (exact) mass is 246 g/mol. The van der Waals surface area contributed by atoms with Gasteiger partial charge in [-0.15, -0.1) is 0 Å². The zero-order chi connectivity index (χ0) is 12.2. The molecule has 0 atom stereocenters. The molecule has 0 saturated heterocycles. The highest BCUT2D eigenvalue weighted by molar-refractivity contribution is 7.80. The lowest BCUT2D eigenvalue weighted by atomic mass is 10.1. The predicted molar refractivity (Wildman–Crippen MR) is 60.0 cm³/mol. The Balaban J connectivity index is 3.17. The van der Waals surface area contributed by atoms with Gasteiger partial charge in [0.25, 0.3) is 0 Å². The molecular formula is C10H9F3N2S. The minimum atomic E-state index is -4.39. The molecule has 0 aliphatic carbocycles. The van der Waals surface area contributed by atoms with Crippen molar-refractivity contribution in [1.82, 2.24) is 0 Å². The Morgan fingerprint density at radius 1 is 1.38 bits per heavy atom. The molecule has 0 amide bonds. The Labute approximate surface area is 96.4 Å². The smallest absolute Gasteiger partial charge is 0.323 e. The molecule has 2 nitrogen and oxygen atoms in total. The van der Waals surface area contributed by atoms with E-state index in [0.29, 0.717) is 11.3 Å². The predicted octanol–water partition coefficient (Wildman–Crippen LogP) is 2.27. The molecule has 0 fully saturated rings. The highest BCUT2D eigenvalue weighted by Crippen LogP contribution is 2.31. The maximum absolute atomic E-state index is 12.4. The standard InChI is InChI=1S/C10H9F3N2S/c11-10(12,13)8-4-3-7(2-1-5-16)9(6-8)15-14/h3-4,6,15-16H,5,14H2. The van der Waals surface area contributed by atoms with Gasteiger partial charge in [-0.25, -0.2) is 0 Å². The van der Waals surface area contributed by atoms with Crippen molar-refractivity contribution in [3.8, 4) is 11.8 Å². The van der Waals surface area contributed by atoms with E-state index >= 15 is 0 Å². The molecule has 1 rings (SSSR count). The van der Waals surface area contributed by atoms with Crippen molar-refractivity contribution < 1.29 is 13.2 Å². The summed E-state index contributed by atoms with van der Waals surface area (Å²) in [6.07, 6.45) is -4.39. The first-order chi connectivity index (χ1) is 7.49. The van der Waals surface area contributed by atoms with Crippen molar-refractivity contribution in [3.63, 3.8) is 0 Å². The molecule has 0 radical (unpaired) electrons. The van der Waals surface area contributed by atoms with Crippen molar-refractivity contribution in [3.05, 3.63) is 29.3 Å². The minimum Gasteiger partial charge on any atom is -0.323 e.